The Morgan fingerprint density at radius 1 is 0.679 bits per heavy atom. The zero-order valence-corrected chi connectivity index (χ0v) is 20.1. The summed E-state index contributed by atoms with van der Waals surface area (Å²) in [5.74, 6) is 0. The van der Waals surface area contributed by atoms with E-state index in [1.807, 2.05) is 6.92 Å². The van der Waals surface area contributed by atoms with Gasteiger partial charge in [-0.3, -0.25) is 4.18 Å². The van der Waals surface area contributed by atoms with E-state index in [2.05, 4.69) is 16.8 Å². The average Bonchev–Trinajstić information content (AvgIpc) is 2.61. The van der Waals surface area contributed by atoms with Gasteiger partial charge in [-0.25, -0.2) is 0 Å². The Labute approximate surface area is 176 Å². The van der Waals surface area contributed by atoms with Crippen LogP contribution in [0.4, 0.5) is 0 Å². The lowest BCUT2D eigenvalue weighted by Gasteiger charge is -2.24. The van der Waals surface area contributed by atoms with Gasteiger partial charge >= 0.3 is 10.4 Å². The number of quaternary nitrogens is 1. The first-order valence-corrected chi connectivity index (χ1v) is 12.6. The zero-order valence-electron chi connectivity index (χ0n) is 19.3. The Kier molecular flexibility index (Phi) is 20.2. The second-order valence-corrected chi connectivity index (χ2v) is 9.25. The average molecular weight is 424 g/mol. The van der Waals surface area contributed by atoms with Crippen molar-refractivity contribution >= 4 is 10.4 Å². The molecule has 1 atom stereocenters. The molecule has 0 aromatic rings. The second kappa shape index (κ2) is 18.8. The van der Waals surface area contributed by atoms with E-state index in [4.69, 9.17) is 4.18 Å². The minimum absolute atomic E-state index is 0. The molecule has 0 aromatic carbocycles. The van der Waals surface area contributed by atoms with Gasteiger partial charge in [-0.2, -0.15) is 12.6 Å². The van der Waals surface area contributed by atoms with E-state index in [0.717, 1.165) is 26.4 Å². The molecule has 28 heavy (non-hydrogen) atoms. The topological polar surface area (TPSA) is 80.2 Å². The maximum Gasteiger partial charge on any atom is 0.404 e. The smallest absolute Gasteiger partial charge is 0.358 e. The first-order valence-electron chi connectivity index (χ1n) is 11.3. The molecular weight excluding hydrogens is 374 g/mol. The molecule has 0 rings (SSSR count). The molecule has 0 amide bonds. The van der Waals surface area contributed by atoms with Crippen LogP contribution in [0.1, 0.15) is 123 Å². The second-order valence-electron chi connectivity index (χ2n) is 7.94. The van der Waals surface area contributed by atoms with Gasteiger partial charge in [0, 0.05) is 12.8 Å². The van der Waals surface area contributed by atoms with Crippen LogP contribution in [0.3, 0.4) is 0 Å². The molecule has 0 radical (unpaired) electrons. The third kappa shape index (κ3) is 17.9. The fourth-order valence-corrected chi connectivity index (χ4v) is 4.22. The maximum atomic E-state index is 11.6. The van der Waals surface area contributed by atoms with Crippen LogP contribution in [0.5, 0.6) is 0 Å². The van der Waals surface area contributed by atoms with Crippen molar-refractivity contribution in [3.8, 4) is 0 Å². The van der Waals surface area contributed by atoms with Gasteiger partial charge in [0.05, 0.1) is 7.11 Å². The van der Waals surface area contributed by atoms with Crippen molar-refractivity contribution in [2.75, 3.05) is 7.11 Å². The lowest BCUT2D eigenvalue weighted by Crippen LogP contribution is -2.74. The summed E-state index contributed by atoms with van der Waals surface area (Å²) < 4.78 is 32.7. The summed E-state index contributed by atoms with van der Waals surface area (Å²) in [6, 6.07) is 0. The first kappa shape index (κ1) is 30.0. The van der Waals surface area contributed by atoms with Crippen molar-refractivity contribution in [1.82, 2.24) is 0 Å². The van der Waals surface area contributed by atoms with E-state index in [0.29, 0.717) is 12.8 Å². The van der Waals surface area contributed by atoms with Gasteiger partial charge in [0.1, 0.15) is 0 Å². The molecule has 0 aliphatic heterocycles. The Morgan fingerprint density at radius 3 is 1.43 bits per heavy atom. The molecule has 0 fully saturated rings. The predicted octanol–water partition coefficient (Wildman–Crippen LogP) is 5.95. The van der Waals surface area contributed by atoms with Gasteiger partial charge in [0.25, 0.3) is 0 Å². The van der Waals surface area contributed by atoms with Crippen LogP contribution in [0.2, 0.25) is 0 Å². The number of hydrogen-bond donors (Lipinski definition) is 1. The Balaban J connectivity index is 0. The van der Waals surface area contributed by atoms with Crippen molar-refractivity contribution in [3.63, 3.8) is 0 Å². The van der Waals surface area contributed by atoms with Gasteiger partial charge < -0.3 is 13.2 Å². The highest BCUT2D eigenvalue weighted by Crippen LogP contribution is 2.21. The third-order valence-electron chi connectivity index (χ3n) is 5.17. The van der Waals surface area contributed by atoms with Crippen molar-refractivity contribution < 1.29 is 22.5 Å². The number of unbranched alkanes of at least 4 members (excludes halogenated alkanes) is 13. The molecule has 6 heteroatoms. The summed E-state index contributed by atoms with van der Waals surface area (Å²) >= 11 is 0. The summed E-state index contributed by atoms with van der Waals surface area (Å²) in [5.41, 5.74) is 3.12. The normalized spacial score (nSPS) is 13.9. The van der Waals surface area contributed by atoms with Crippen molar-refractivity contribution in [2.24, 2.45) is 0 Å². The van der Waals surface area contributed by atoms with E-state index < -0.39 is 16.1 Å². The highest BCUT2D eigenvalue weighted by Gasteiger charge is 2.35. The molecule has 0 aliphatic rings. The van der Waals surface area contributed by atoms with Crippen molar-refractivity contribution in [1.29, 1.82) is 0 Å². The molecule has 0 aliphatic carbocycles. The van der Waals surface area contributed by atoms with E-state index in [-0.39, 0.29) is 7.43 Å². The molecule has 3 N–H and O–H groups in total. The van der Waals surface area contributed by atoms with E-state index in [9.17, 15) is 8.42 Å². The molecular formula is C22H49NO4S. The van der Waals surface area contributed by atoms with Crippen LogP contribution in [-0.2, 0) is 18.8 Å². The monoisotopic (exact) mass is 423 g/mol. The molecule has 0 aromatic heterocycles. The van der Waals surface area contributed by atoms with Crippen LogP contribution in [0.25, 0.3) is 0 Å². The van der Waals surface area contributed by atoms with Gasteiger partial charge in [-0.1, -0.05) is 97.3 Å². The Bertz CT molecular complexity index is 428. The molecule has 0 saturated heterocycles. The predicted molar refractivity (Wildman–Crippen MR) is 119 cm³/mol. The van der Waals surface area contributed by atoms with E-state index in [1.165, 1.54) is 77.0 Å². The number of hydrogen-bond acceptors (Lipinski definition) is 4. The van der Waals surface area contributed by atoms with Crippen LogP contribution in [0.15, 0.2) is 0 Å². The fraction of sp³-hybridized carbons (Fsp3) is 0.955. The van der Waals surface area contributed by atoms with Crippen molar-refractivity contribution in [2.45, 2.75) is 129 Å². The molecule has 0 heterocycles. The molecule has 0 spiro atoms. The minimum atomic E-state index is -3.93. The summed E-state index contributed by atoms with van der Waals surface area (Å²) in [7, 11) is -2.81. The largest absolute Gasteiger partial charge is 0.404 e. The molecule has 0 saturated carbocycles. The summed E-state index contributed by atoms with van der Waals surface area (Å²) in [6.07, 6.45) is 20.4. The maximum absolute atomic E-state index is 11.6. The van der Waals surface area contributed by atoms with E-state index >= 15 is 0 Å². The van der Waals surface area contributed by atoms with Crippen LogP contribution < -0.4 is 5.73 Å². The van der Waals surface area contributed by atoms with Gasteiger partial charge in [0.15, 0.2) is 0 Å². The van der Waals surface area contributed by atoms with Crippen LogP contribution in [-0.4, -0.2) is 21.3 Å². The highest BCUT2D eigenvalue weighted by molar-refractivity contribution is 7.81. The Hall–Kier alpha value is -0.170. The molecule has 5 nitrogen and oxygen atoms in total. The summed E-state index contributed by atoms with van der Waals surface area (Å²) in [4.78, 5) is 0. The summed E-state index contributed by atoms with van der Waals surface area (Å²) in [5, 5.41) is 0. The lowest BCUT2D eigenvalue weighted by molar-refractivity contribution is -0.541. The van der Waals surface area contributed by atoms with Gasteiger partial charge in [0.2, 0.25) is 5.72 Å². The van der Waals surface area contributed by atoms with Gasteiger partial charge in [-0.15, -0.1) is 0 Å². The SMILES string of the molecule is CCCCCCCCCCCCCCCCC([NH3+])(CCC)OS(=O)(=O)OC.[CH3-]. The Morgan fingerprint density at radius 2 is 1.07 bits per heavy atom. The van der Waals surface area contributed by atoms with Crippen LogP contribution in [0, 0.1) is 7.43 Å². The van der Waals surface area contributed by atoms with Crippen LogP contribution >= 0.6 is 0 Å². The first-order chi connectivity index (χ1) is 12.9. The van der Waals surface area contributed by atoms with Gasteiger partial charge in [-0.05, 0) is 12.8 Å². The lowest BCUT2D eigenvalue weighted by atomic mass is 9.99. The standard InChI is InChI=1S/C21H45NO4S.CH3/c1-4-6-7-8-9-10-11-12-13-14-15-16-17-18-20-21(22,19-5-2)26-27(23,24)25-3;/h4-20,22H2,1-3H3;1H3/q;-1/p+1. The molecule has 172 valence electrons. The highest BCUT2D eigenvalue weighted by atomic mass is 32.3. The quantitative estimate of drug-likeness (QED) is 0.149. The zero-order chi connectivity index (χ0) is 20.4. The fourth-order valence-electron chi connectivity index (χ4n) is 3.56. The molecule has 0 bridgehead atoms. The molecule has 1 unspecified atom stereocenters. The van der Waals surface area contributed by atoms with E-state index in [1.54, 1.807) is 0 Å². The minimum Gasteiger partial charge on any atom is -0.358 e. The third-order valence-corrected chi connectivity index (χ3v) is 6.14. The van der Waals surface area contributed by atoms with Crippen molar-refractivity contribution in [3.05, 3.63) is 7.43 Å². The number of rotatable bonds is 20. The summed E-state index contributed by atoms with van der Waals surface area (Å²) in [6.45, 7) is 4.27.